The number of methoxy groups -OCH3 is 2. The zero-order valence-corrected chi connectivity index (χ0v) is 15.9. The minimum Gasteiger partial charge on any atom is -0.493 e. The number of nitrogens with one attached hydrogen (secondary N) is 1. The fourth-order valence-corrected chi connectivity index (χ4v) is 2.98. The first-order valence-corrected chi connectivity index (χ1v) is 8.61. The molecule has 0 saturated heterocycles. The Balaban J connectivity index is 1.73. The zero-order chi connectivity index (χ0) is 19.4. The lowest BCUT2D eigenvalue weighted by atomic mass is 10.2. The molecular weight excluding hydrogens is 368 g/mol. The number of rotatable bonds is 6. The van der Waals surface area contributed by atoms with Crippen molar-refractivity contribution in [2.75, 3.05) is 14.2 Å². The summed E-state index contributed by atoms with van der Waals surface area (Å²) in [5.74, 6) is 1.34. The molecule has 1 N–H and O–H groups in total. The van der Waals surface area contributed by atoms with Crippen LogP contribution in [-0.2, 0) is 4.79 Å². The molecule has 1 atom stereocenters. The van der Waals surface area contributed by atoms with Gasteiger partial charge in [0.05, 0.1) is 25.3 Å². The maximum absolute atomic E-state index is 12.3. The van der Waals surface area contributed by atoms with Crippen LogP contribution in [0.3, 0.4) is 0 Å². The number of nitrogens with zero attached hydrogens (tertiary/aromatic N) is 3. The molecule has 0 bridgehead atoms. The van der Waals surface area contributed by atoms with Crippen molar-refractivity contribution in [1.82, 2.24) is 19.9 Å². The molecule has 3 aromatic rings. The van der Waals surface area contributed by atoms with Gasteiger partial charge in [0.15, 0.2) is 23.0 Å². The van der Waals surface area contributed by atoms with Gasteiger partial charge in [-0.15, -0.1) is 10.2 Å². The number of carbonyl (C=O) groups is 1. The number of pyridine rings is 1. The molecule has 0 radical (unpaired) electrons. The third-order valence-corrected chi connectivity index (χ3v) is 4.25. The van der Waals surface area contributed by atoms with Gasteiger partial charge < -0.3 is 14.8 Å². The van der Waals surface area contributed by atoms with Gasteiger partial charge in [-0.1, -0.05) is 17.7 Å². The Kier molecular flexibility index (Phi) is 5.61. The molecule has 2 aromatic heterocycles. The van der Waals surface area contributed by atoms with E-state index in [4.69, 9.17) is 21.1 Å². The second-order valence-electron chi connectivity index (χ2n) is 5.79. The van der Waals surface area contributed by atoms with Gasteiger partial charge in [0.25, 0.3) is 0 Å². The van der Waals surface area contributed by atoms with Gasteiger partial charge in [-0.05, 0) is 42.8 Å². The largest absolute Gasteiger partial charge is 0.493 e. The van der Waals surface area contributed by atoms with Gasteiger partial charge in [-0.2, -0.15) is 0 Å². The lowest BCUT2D eigenvalue weighted by molar-refractivity contribution is -0.117. The van der Waals surface area contributed by atoms with Crippen LogP contribution in [0.4, 0.5) is 0 Å². The molecule has 8 heteroatoms. The third kappa shape index (κ3) is 4.03. The Morgan fingerprint density at radius 3 is 2.81 bits per heavy atom. The fourth-order valence-electron chi connectivity index (χ4n) is 2.69. The molecular formula is C19H19ClN4O3. The van der Waals surface area contributed by atoms with Crippen LogP contribution in [0.5, 0.6) is 11.5 Å². The van der Waals surface area contributed by atoms with Crippen molar-refractivity contribution in [2.24, 2.45) is 0 Å². The Morgan fingerprint density at radius 2 is 2.07 bits per heavy atom. The van der Waals surface area contributed by atoms with Gasteiger partial charge in [0.2, 0.25) is 5.91 Å². The van der Waals surface area contributed by atoms with Crippen LogP contribution in [0.15, 0.2) is 42.6 Å². The highest BCUT2D eigenvalue weighted by Crippen LogP contribution is 2.36. The van der Waals surface area contributed by atoms with Crippen LogP contribution < -0.4 is 14.8 Å². The molecule has 0 saturated carbocycles. The van der Waals surface area contributed by atoms with E-state index in [1.165, 1.54) is 20.3 Å². The van der Waals surface area contributed by atoms with Crippen molar-refractivity contribution in [3.05, 3.63) is 59.0 Å². The van der Waals surface area contributed by atoms with E-state index in [9.17, 15) is 4.79 Å². The Labute approximate surface area is 161 Å². The summed E-state index contributed by atoms with van der Waals surface area (Å²) in [7, 11) is 3.04. The summed E-state index contributed by atoms with van der Waals surface area (Å²) >= 11 is 6.18. The first-order valence-electron chi connectivity index (χ1n) is 8.23. The average Bonchev–Trinajstić information content (AvgIpc) is 3.10. The van der Waals surface area contributed by atoms with E-state index in [1.54, 1.807) is 18.2 Å². The Morgan fingerprint density at radius 1 is 1.26 bits per heavy atom. The minimum absolute atomic E-state index is 0.263. The van der Waals surface area contributed by atoms with Crippen LogP contribution in [0, 0.1) is 0 Å². The third-order valence-electron chi connectivity index (χ3n) is 3.97. The molecule has 27 heavy (non-hydrogen) atoms. The molecule has 0 spiro atoms. The highest BCUT2D eigenvalue weighted by Gasteiger charge is 2.14. The number of halogens is 1. The van der Waals surface area contributed by atoms with Crippen molar-refractivity contribution in [1.29, 1.82) is 0 Å². The van der Waals surface area contributed by atoms with E-state index < -0.39 is 0 Å². The second-order valence-corrected chi connectivity index (χ2v) is 6.20. The van der Waals surface area contributed by atoms with Gasteiger partial charge in [-0.25, -0.2) is 0 Å². The van der Waals surface area contributed by atoms with Crippen LogP contribution in [0.2, 0.25) is 5.02 Å². The second kappa shape index (κ2) is 8.09. The number of benzene rings is 1. The molecule has 3 rings (SSSR count). The number of aromatic nitrogens is 3. The SMILES string of the molecule is COc1cc(/C=C/C(=O)NC(C)c2nnc3ccccn23)cc(Cl)c1OC. The van der Waals surface area contributed by atoms with Crippen molar-refractivity contribution in [2.45, 2.75) is 13.0 Å². The normalized spacial score (nSPS) is 12.3. The van der Waals surface area contributed by atoms with Gasteiger partial charge >= 0.3 is 0 Å². The van der Waals surface area contributed by atoms with E-state index in [-0.39, 0.29) is 11.9 Å². The van der Waals surface area contributed by atoms with Crippen LogP contribution in [-0.4, -0.2) is 34.7 Å². The van der Waals surface area contributed by atoms with Crippen LogP contribution >= 0.6 is 11.6 Å². The average molecular weight is 387 g/mol. The Hall–Kier alpha value is -3.06. The maximum atomic E-state index is 12.3. The van der Waals surface area contributed by atoms with E-state index in [2.05, 4.69) is 15.5 Å². The lowest BCUT2D eigenvalue weighted by Crippen LogP contribution is -2.26. The molecule has 7 nitrogen and oxygen atoms in total. The summed E-state index contributed by atoms with van der Waals surface area (Å²) in [5, 5.41) is 11.5. The van der Waals surface area contributed by atoms with Crippen molar-refractivity contribution in [3.63, 3.8) is 0 Å². The molecule has 2 heterocycles. The molecule has 0 aliphatic heterocycles. The van der Waals surface area contributed by atoms with Gasteiger partial charge in [-0.3, -0.25) is 9.20 Å². The highest BCUT2D eigenvalue weighted by atomic mass is 35.5. The van der Waals surface area contributed by atoms with Crippen molar-refractivity contribution < 1.29 is 14.3 Å². The topological polar surface area (TPSA) is 77.8 Å². The van der Waals surface area contributed by atoms with Crippen LogP contribution in [0.25, 0.3) is 11.7 Å². The summed E-state index contributed by atoms with van der Waals surface area (Å²) in [6.45, 7) is 1.85. The summed E-state index contributed by atoms with van der Waals surface area (Å²) in [6, 6.07) is 8.75. The number of fused-ring (bicyclic) bond motifs is 1. The fraction of sp³-hybridized carbons (Fsp3) is 0.211. The predicted molar refractivity (Wildman–Crippen MR) is 103 cm³/mol. The van der Waals surface area contributed by atoms with Gasteiger partial charge in [0.1, 0.15) is 0 Å². The number of ether oxygens (including phenoxy) is 2. The molecule has 0 fully saturated rings. The zero-order valence-electron chi connectivity index (χ0n) is 15.1. The first-order chi connectivity index (χ1) is 13.0. The van der Waals surface area contributed by atoms with Crippen molar-refractivity contribution in [3.8, 4) is 11.5 Å². The molecule has 1 aromatic carbocycles. The quantitative estimate of drug-likeness (QED) is 0.658. The number of hydrogen-bond donors (Lipinski definition) is 1. The number of hydrogen-bond acceptors (Lipinski definition) is 5. The molecule has 140 valence electrons. The summed E-state index contributed by atoms with van der Waals surface area (Å²) in [5.41, 5.74) is 1.44. The van der Waals surface area contributed by atoms with E-state index in [0.717, 1.165) is 5.65 Å². The summed E-state index contributed by atoms with van der Waals surface area (Å²) in [6.07, 6.45) is 4.93. The monoisotopic (exact) mass is 386 g/mol. The lowest BCUT2D eigenvalue weighted by Gasteiger charge is -2.11. The molecule has 1 unspecified atom stereocenters. The van der Waals surface area contributed by atoms with E-state index in [1.807, 2.05) is 35.7 Å². The summed E-state index contributed by atoms with van der Waals surface area (Å²) < 4.78 is 12.3. The smallest absolute Gasteiger partial charge is 0.244 e. The van der Waals surface area contributed by atoms with E-state index in [0.29, 0.717) is 27.9 Å². The molecule has 0 aliphatic carbocycles. The summed E-state index contributed by atoms with van der Waals surface area (Å²) in [4.78, 5) is 12.3. The standard InChI is InChI=1S/C19H19ClN4O3/c1-12(19-23-22-16-6-4-5-9-24(16)19)21-17(25)8-7-13-10-14(20)18(27-3)15(11-13)26-2/h4-12H,1-3H3,(H,21,25)/b8-7+. The minimum atomic E-state index is -0.312. The molecule has 0 aliphatic rings. The van der Waals surface area contributed by atoms with Crippen LogP contribution in [0.1, 0.15) is 24.4 Å². The number of amides is 1. The Bertz CT molecular complexity index is 1000. The predicted octanol–water partition coefficient (Wildman–Crippen LogP) is 3.29. The molecule has 1 amide bonds. The first kappa shape index (κ1) is 18.7. The van der Waals surface area contributed by atoms with Crippen molar-refractivity contribution >= 4 is 29.2 Å². The number of carbonyl (C=O) groups excluding carboxylic acids is 1. The van der Waals surface area contributed by atoms with E-state index >= 15 is 0 Å². The maximum Gasteiger partial charge on any atom is 0.244 e. The highest BCUT2D eigenvalue weighted by molar-refractivity contribution is 6.32. The van der Waals surface area contributed by atoms with Gasteiger partial charge in [0, 0.05) is 12.3 Å².